The van der Waals surface area contributed by atoms with E-state index in [9.17, 15) is 4.79 Å². The Morgan fingerprint density at radius 2 is 1.53 bits per heavy atom. The van der Waals surface area contributed by atoms with Gasteiger partial charge in [-0.2, -0.15) is 0 Å². The van der Waals surface area contributed by atoms with Crippen molar-refractivity contribution < 1.29 is 14.0 Å². The molecule has 0 aliphatic rings. The summed E-state index contributed by atoms with van der Waals surface area (Å²) >= 11 is 0. The fourth-order valence-electron chi connectivity index (χ4n) is 3.80. The lowest BCUT2D eigenvalue weighted by atomic mass is 10.1. The van der Waals surface area contributed by atoms with Crippen molar-refractivity contribution in [2.24, 2.45) is 0 Å². The van der Waals surface area contributed by atoms with E-state index in [1.165, 1.54) is 12.0 Å². The Kier molecular flexibility index (Phi) is 10.4. The normalized spacial score (nSPS) is 11.3. The Balaban J connectivity index is 1.64. The summed E-state index contributed by atoms with van der Waals surface area (Å²) in [5.74, 6) is 0.817. The van der Waals surface area contributed by atoms with Gasteiger partial charge in [-0.3, -0.25) is 4.79 Å². The van der Waals surface area contributed by atoms with Crippen molar-refractivity contribution >= 4 is 5.91 Å². The van der Waals surface area contributed by atoms with E-state index in [2.05, 4.69) is 56.4 Å². The van der Waals surface area contributed by atoms with E-state index < -0.39 is 0 Å². The van der Waals surface area contributed by atoms with Crippen LogP contribution in [0.5, 0.6) is 5.75 Å². The number of amides is 1. The molecule has 0 saturated carbocycles. The topological polar surface area (TPSA) is 38.3 Å². The maximum Gasteiger partial charge on any atom is 0.251 e. The molecule has 0 bridgehead atoms. The minimum absolute atomic E-state index is 0.0103. The van der Waals surface area contributed by atoms with Crippen LogP contribution in [0.4, 0.5) is 0 Å². The van der Waals surface area contributed by atoms with Gasteiger partial charge in [-0.05, 0) is 76.3 Å². The molecular weight excluding hydrogens is 372 g/mol. The second kappa shape index (κ2) is 13.1. The van der Waals surface area contributed by atoms with Crippen LogP contribution in [-0.4, -0.2) is 49.7 Å². The summed E-state index contributed by atoms with van der Waals surface area (Å²) < 4.78 is 6.87. The number of nitrogens with one attached hydrogen (secondary N) is 1. The third-order valence-electron chi connectivity index (χ3n) is 6.22. The number of hydrogen-bond acceptors (Lipinski definition) is 2. The quantitative estimate of drug-likeness (QED) is 0.348. The Morgan fingerprint density at radius 3 is 2.17 bits per heavy atom. The third kappa shape index (κ3) is 7.83. The molecule has 4 nitrogen and oxygen atoms in total. The summed E-state index contributed by atoms with van der Waals surface area (Å²) in [7, 11) is 0. The minimum atomic E-state index is -0.0103. The highest BCUT2D eigenvalue weighted by atomic mass is 16.5. The zero-order chi connectivity index (χ0) is 21.7. The third-order valence-corrected chi connectivity index (χ3v) is 6.22. The van der Waals surface area contributed by atoms with Gasteiger partial charge in [-0.1, -0.05) is 30.3 Å². The maximum atomic E-state index is 12.4. The number of likely N-dealkylation sites (N-methyl/N-ethyl adjacent to an activating group) is 1. The number of carbonyl (C=O) groups excluding carboxylic acids is 1. The number of quaternary nitrogens is 1. The zero-order valence-electron chi connectivity index (χ0n) is 19.0. The minimum Gasteiger partial charge on any atom is -0.494 e. The molecule has 30 heavy (non-hydrogen) atoms. The first kappa shape index (κ1) is 23.9. The van der Waals surface area contributed by atoms with E-state index in [0.717, 1.165) is 55.7 Å². The van der Waals surface area contributed by atoms with Gasteiger partial charge in [0.25, 0.3) is 5.91 Å². The molecule has 0 aliphatic carbocycles. The summed E-state index contributed by atoms with van der Waals surface area (Å²) in [5, 5.41) is 3.06. The second-order valence-corrected chi connectivity index (χ2v) is 7.94. The lowest BCUT2D eigenvalue weighted by molar-refractivity contribution is -0.922. The van der Waals surface area contributed by atoms with Crippen molar-refractivity contribution in [3.8, 4) is 5.75 Å². The monoisotopic (exact) mass is 411 g/mol. The highest BCUT2D eigenvalue weighted by Crippen LogP contribution is 2.14. The molecule has 1 N–H and O–H groups in total. The Morgan fingerprint density at radius 1 is 0.867 bits per heavy atom. The molecule has 2 aromatic rings. The van der Waals surface area contributed by atoms with Crippen molar-refractivity contribution in [3.63, 3.8) is 0 Å². The molecule has 0 aromatic heterocycles. The number of carbonyl (C=O) groups is 1. The SMILES string of the molecule is CC[N+](CC)(CC)CCNC(=O)c1ccc(OCCCCCc2ccccc2)cc1. The highest BCUT2D eigenvalue weighted by molar-refractivity contribution is 5.94. The molecule has 1 amide bonds. The van der Waals surface area contributed by atoms with Crippen LogP contribution in [0.15, 0.2) is 54.6 Å². The molecule has 0 spiro atoms. The van der Waals surface area contributed by atoms with E-state index in [1.807, 2.05) is 24.3 Å². The van der Waals surface area contributed by atoms with Crippen LogP contribution in [0.3, 0.4) is 0 Å². The van der Waals surface area contributed by atoms with Gasteiger partial charge in [-0.25, -0.2) is 0 Å². The first-order valence-electron chi connectivity index (χ1n) is 11.5. The average Bonchev–Trinajstić information content (AvgIpc) is 2.80. The summed E-state index contributed by atoms with van der Waals surface area (Å²) in [4.78, 5) is 12.4. The summed E-state index contributed by atoms with van der Waals surface area (Å²) in [6.07, 6.45) is 4.50. The largest absolute Gasteiger partial charge is 0.494 e. The summed E-state index contributed by atoms with van der Waals surface area (Å²) in [5.41, 5.74) is 2.09. The molecule has 2 rings (SSSR count). The molecule has 0 unspecified atom stereocenters. The van der Waals surface area contributed by atoms with Gasteiger partial charge in [0.15, 0.2) is 0 Å². The van der Waals surface area contributed by atoms with Crippen molar-refractivity contribution in [1.82, 2.24) is 5.32 Å². The van der Waals surface area contributed by atoms with Crippen LogP contribution in [0.2, 0.25) is 0 Å². The predicted octanol–water partition coefficient (Wildman–Crippen LogP) is 5.08. The van der Waals surface area contributed by atoms with E-state index in [-0.39, 0.29) is 5.91 Å². The van der Waals surface area contributed by atoms with Crippen LogP contribution < -0.4 is 10.1 Å². The standard InChI is InChI=1S/C26H38N2O2/c1-4-28(5-2,6-3)21-20-27-26(29)24-16-18-25(19-17-24)30-22-12-8-11-15-23-13-9-7-10-14-23/h7,9-10,13-14,16-19H,4-6,8,11-12,15,20-22H2,1-3H3/p+1. The Bertz CT molecular complexity index is 716. The van der Waals surface area contributed by atoms with Crippen LogP contribution in [0, 0.1) is 0 Å². The van der Waals surface area contributed by atoms with Gasteiger partial charge in [0.1, 0.15) is 5.75 Å². The van der Waals surface area contributed by atoms with Gasteiger partial charge >= 0.3 is 0 Å². The first-order chi connectivity index (χ1) is 14.6. The Labute approximate surface area is 182 Å². The Hall–Kier alpha value is -2.33. The van der Waals surface area contributed by atoms with Gasteiger partial charge < -0.3 is 14.5 Å². The molecule has 2 aromatic carbocycles. The van der Waals surface area contributed by atoms with Gasteiger partial charge in [0, 0.05) is 5.56 Å². The van der Waals surface area contributed by atoms with Crippen LogP contribution >= 0.6 is 0 Å². The van der Waals surface area contributed by atoms with Crippen molar-refractivity contribution in [2.45, 2.75) is 46.5 Å². The molecule has 0 heterocycles. The molecule has 164 valence electrons. The number of hydrogen-bond donors (Lipinski definition) is 1. The van der Waals surface area contributed by atoms with Crippen molar-refractivity contribution in [1.29, 1.82) is 0 Å². The lowest BCUT2D eigenvalue weighted by Gasteiger charge is -2.35. The number of ether oxygens (including phenoxy) is 1. The highest BCUT2D eigenvalue weighted by Gasteiger charge is 2.20. The second-order valence-electron chi connectivity index (χ2n) is 7.94. The van der Waals surface area contributed by atoms with E-state index in [0.29, 0.717) is 18.7 Å². The average molecular weight is 412 g/mol. The van der Waals surface area contributed by atoms with Crippen molar-refractivity contribution in [3.05, 3.63) is 65.7 Å². The molecule has 0 saturated heterocycles. The lowest BCUT2D eigenvalue weighted by Crippen LogP contribution is -2.51. The first-order valence-corrected chi connectivity index (χ1v) is 11.5. The number of nitrogens with zero attached hydrogens (tertiary/aromatic N) is 1. The molecular formula is C26H39N2O2+. The van der Waals surface area contributed by atoms with Crippen LogP contribution in [0.25, 0.3) is 0 Å². The molecule has 0 aliphatic heterocycles. The van der Waals surface area contributed by atoms with Gasteiger partial charge in [-0.15, -0.1) is 0 Å². The molecule has 0 radical (unpaired) electrons. The van der Waals surface area contributed by atoms with Crippen LogP contribution in [-0.2, 0) is 6.42 Å². The van der Waals surface area contributed by atoms with Crippen molar-refractivity contribution in [2.75, 3.05) is 39.3 Å². The van der Waals surface area contributed by atoms with E-state index >= 15 is 0 Å². The van der Waals surface area contributed by atoms with E-state index in [4.69, 9.17) is 4.74 Å². The molecule has 0 fully saturated rings. The van der Waals surface area contributed by atoms with E-state index in [1.54, 1.807) is 0 Å². The van der Waals surface area contributed by atoms with Gasteiger partial charge in [0.2, 0.25) is 0 Å². The number of aryl methyl sites for hydroxylation is 1. The number of benzene rings is 2. The fourth-order valence-corrected chi connectivity index (χ4v) is 3.80. The number of rotatable bonds is 14. The molecule has 4 heteroatoms. The zero-order valence-corrected chi connectivity index (χ0v) is 19.0. The number of unbranched alkanes of at least 4 members (excludes halogenated alkanes) is 2. The smallest absolute Gasteiger partial charge is 0.251 e. The predicted molar refractivity (Wildman–Crippen MR) is 125 cm³/mol. The van der Waals surface area contributed by atoms with Crippen LogP contribution in [0.1, 0.15) is 56.0 Å². The summed E-state index contributed by atoms with van der Waals surface area (Å²) in [6.45, 7) is 12.3. The fraction of sp³-hybridized carbons (Fsp3) is 0.500. The maximum absolute atomic E-state index is 12.4. The van der Waals surface area contributed by atoms with Gasteiger partial charge in [0.05, 0.1) is 39.3 Å². The summed E-state index contributed by atoms with van der Waals surface area (Å²) in [6, 6.07) is 18.1. The molecule has 0 atom stereocenters.